The van der Waals surface area contributed by atoms with Gasteiger partial charge in [-0.3, -0.25) is 9.59 Å². The first-order valence-electron chi connectivity index (χ1n) is 7.78. The largest absolute Gasteiger partial charge is 0.433 e. The van der Waals surface area contributed by atoms with E-state index < -0.39 is 35.1 Å². The predicted octanol–water partition coefficient (Wildman–Crippen LogP) is 3.13. The summed E-state index contributed by atoms with van der Waals surface area (Å²) < 4.78 is 38.6. The number of pyridine rings is 1. The third-order valence-corrected chi connectivity index (χ3v) is 4.12. The van der Waals surface area contributed by atoms with Gasteiger partial charge in [-0.2, -0.15) is 13.2 Å². The van der Waals surface area contributed by atoms with Crippen LogP contribution in [-0.4, -0.2) is 27.8 Å². The number of halogens is 3. The fourth-order valence-electron chi connectivity index (χ4n) is 2.49. The lowest BCUT2D eigenvalue weighted by atomic mass is 9.89. The van der Waals surface area contributed by atoms with Crippen molar-refractivity contribution in [1.82, 2.24) is 10.0 Å². The lowest BCUT2D eigenvalue weighted by Gasteiger charge is -2.24. The maximum absolute atomic E-state index is 12.9. The number of benzene rings is 1. The average Bonchev–Trinajstić information content (AvgIpc) is 2.86. The number of amides is 2. The second kappa shape index (κ2) is 6.19. The van der Waals surface area contributed by atoms with Crippen LogP contribution in [0.1, 0.15) is 46.0 Å². The van der Waals surface area contributed by atoms with E-state index in [9.17, 15) is 27.6 Å². The molecule has 0 spiro atoms. The topological polar surface area (TPSA) is 76.6 Å². The molecule has 140 valence electrons. The molecule has 0 bridgehead atoms. The Morgan fingerprint density at radius 3 is 1.96 bits per heavy atom. The van der Waals surface area contributed by atoms with Gasteiger partial charge in [-0.1, -0.05) is 23.3 Å². The van der Waals surface area contributed by atoms with Gasteiger partial charge in [0.25, 0.3) is 11.8 Å². The smallest absolute Gasteiger partial charge is 0.329 e. The summed E-state index contributed by atoms with van der Waals surface area (Å²) in [4.78, 5) is 45.5. The Hall–Kier alpha value is -3.23. The summed E-state index contributed by atoms with van der Waals surface area (Å²) in [6.45, 7) is 2.58. The molecule has 0 saturated heterocycles. The second-order valence-corrected chi connectivity index (χ2v) is 6.36. The summed E-state index contributed by atoms with van der Waals surface area (Å²) >= 11 is 0. The molecule has 9 heteroatoms. The number of fused-ring (bicyclic) bond motifs is 1. The van der Waals surface area contributed by atoms with Crippen molar-refractivity contribution in [3.05, 3.63) is 65.0 Å². The van der Waals surface area contributed by atoms with E-state index >= 15 is 0 Å². The van der Waals surface area contributed by atoms with Crippen LogP contribution in [0.4, 0.5) is 13.2 Å². The van der Waals surface area contributed by atoms with E-state index in [-0.39, 0.29) is 16.8 Å². The van der Waals surface area contributed by atoms with Gasteiger partial charge in [0.05, 0.1) is 16.8 Å². The Morgan fingerprint density at radius 1 is 0.926 bits per heavy atom. The first-order valence-corrected chi connectivity index (χ1v) is 7.78. The van der Waals surface area contributed by atoms with Crippen LogP contribution in [0.25, 0.3) is 0 Å². The quantitative estimate of drug-likeness (QED) is 0.767. The normalized spacial score (nSPS) is 14.3. The first-order chi connectivity index (χ1) is 12.5. The van der Waals surface area contributed by atoms with Gasteiger partial charge in [0.15, 0.2) is 0 Å². The van der Waals surface area contributed by atoms with E-state index in [0.717, 1.165) is 12.1 Å². The highest BCUT2D eigenvalue weighted by Gasteiger charge is 2.43. The highest BCUT2D eigenvalue weighted by Crippen LogP contribution is 2.31. The lowest BCUT2D eigenvalue weighted by molar-refractivity contribution is -0.174. The molecule has 1 aliphatic rings. The van der Waals surface area contributed by atoms with Gasteiger partial charge in [0, 0.05) is 0 Å². The third-order valence-electron chi connectivity index (χ3n) is 4.12. The molecule has 0 radical (unpaired) electrons. The number of rotatable bonds is 3. The first kappa shape index (κ1) is 18.6. The number of nitrogens with zero attached hydrogens (tertiary/aromatic N) is 2. The Labute approximate surface area is 151 Å². The van der Waals surface area contributed by atoms with Crippen LogP contribution >= 0.6 is 0 Å². The lowest BCUT2D eigenvalue weighted by Crippen LogP contribution is -2.40. The van der Waals surface area contributed by atoms with E-state index in [0.29, 0.717) is 5.06 Å². The molecule has 0 unspecified atom stereocenters. The SMILES string of the molecule is CC(C)(C(=O)ON1C(=O)c2ccccc2C1=O)c1cccc(C(F)(F)F)n1. The number of hydrogen-bond donors (Lipinski definition) is 0. The zero-order chi connectivity index (χ0) is 20.0. The maximum Gasteiger partial charge on any atom is 0.433 e. The number of carbonyl (C=O) groups excluding carboxylic acids is 3. The van der Waals surface area contributed by atoms with Crippen LogP contribution in [-0.2, 0) is 21.2 Å². The molecule has 6 nitrogen and oxygen atoms in total. The zero-order valence-electron chi connectivity index (χ0n) is 14.2. The van der Waals surface area contributed by atoms with Crippen molar-refractivity contribution in [2.75, 3.05) is 0 Å². The molecule has 0 N–H and O–H groups in total. The monoisotopic (exact) mass is 378 g/mol. The van der Waals surface area contributed by atoms with Gasteiger partial charge < -0.3 is 4.84 Å². The van der Waals surface area contributed by atoms with Gasteiger partial charge in [-0.25, -0.2) is 9.78 Å². The molecule has 0 saturated carbocycles. The molecule has 0 atom stereocenters. The maximum atomic E-state index is 12.9. The molecule has 27 heavy (non-hydrogen) atoms. The summed E-state index contributed by atoms with van der Waals surface area (Å²) in [7, 11) is 0. The Bertz CT molecular complexity index is 919. The summed E-state index contributed by atoms with van der Waals surface area (Å²) in [6, 6.07) is 9.03. The highest BCUT2D eigenvalue weighted by molar-refractivity contribution is 6.21. The summed E-state index contributed by atoms with van der Waals surface area (Å²) in [5.41, 5.74) is -2.87. The molecule has 0 fully saturated rings. The Balaban J connectivity index is 1.86. The molecule has 0 aliphatic carbocycles. The van der Waals surface area contributed by atoms with Gasteiger partial charge in [-0.05, 0) is 38.1 Å². The number of hydroxylamine groups is 2. The van der Waals surface area contributed by atoms with Crippen LogP contribution < -0.4 is 0 Å². The van der Waals surface area contributed by atoms with Crippen LogP contribution in [0.15, 0.2) is 42.5 Å². The minimum atomic E-state index is -4.68. The second-order valence-electron chi connectivity index (χ2n) is 6.36. The molecular weight excluding hydrogens is 365 g/mol. The minimum absolute atomic E-state index is 0.0744. The molecule has 1 aromatic carbocycles. The van der Waals surface area contributed by atoms with Crippen LogP contribution in [0.5, 0.6) is 0 Å². The number of imide groups is 1. The van der Waals surface area contributed by atoms with Crippen molar-refractivity contribution in [2.24, 2.45) is 0 Å². The summed E-state index contributed by atoms with van der Waals surface area (Å²) in [5.74, 6) is -2.74. The van der Waals surface area contributed by atoms with Crippen LogP contribution in [0, 0.1) is 0 Å². The van der Waals surface area contributed by atoms with E-state index in [1.54, 1.807) is 12.1 Å². The van der Waals surface area contributed by atoms with Gasteiger partial charge >= 0.3 is 12.1 Å². The minimum Gasteiger partial charge on any atom is -0.329 e. The van der Waals surface area contributed by atoms with Crippen molar-refractivity contribution in [3.8, 4) is 0 Å². The fraction of sp³-hybridized carbons (Fsp3) is 0.222. The van der Waals surface area contributed by atoms with E-state index in [4.69, 9.17) is 4.84 Å². The van der Waals surface area contributed by atoms with Crippen molar-refractivity contribution < 1.29 is 32.4 Å². The Kier molecular flexibility index (Phi) is 4.25. The Morgan fingerprint density at radius 2 is 1.44 bits per heavy atom. The van der Waals surface area contributed by atoms with Crippen molar-refractivity contribution >= 4 is 17.8 Å². The van der Waals surface area contributed by atoms with Crippen molar-refractivity contribution in [1.29, 1.82) is 0 Å². The standard InChI is InChI=1S/C18H13F3N2O4/c1-17(2,12-8-5-9-13(22-12)18(19,20)21)16(26)27-23-14(24)10-6-3-4-7-11(10)15(23)25/h3-9H,1-2H3. The average molecular weight is 378 g/mol. The molecule has 2 amide bonds. The molecule has 3 rings (SSSR count). The number of hydrogen-bond acceptors (Lipinski definition) is 5. The molecular formula is C18H13F3N2O4. The molecule has 1 aromatic heterocycles. The zero-order valence-corrected chi connectivity index (χ0v) is 14.2. The van der Waals surface area contributed by atoms with Gasteiger partial charge in [0.2, 0.25) is 0 Å². The summed E-state index contributed by atoms with van der Waals surface area (Å²) in [5, 5.41) is 0.308. The molecule has 1 aliphatic heterocycles. The van der Waals surface area contributed by atoms with Gasteiger partial charge in [0.1, 0.15) is 11.1 Å². The van der Waals surface area contributed by atoms with E-state index in [1.807, 2.05) is 0 Å². The highest BCUT2D eigenvalue weighted by atomic mass is 19.4. The van der Waals surface area contributed by atoms with Gasteiger partial charge in [-0.15, -0.1) is 0 Å². The third kappa shape index (κ3) is 3.16. The molecule has 2 heterocycles. The van der Waals surface area contributed by atoms with E-state index in [1.165, 1.54) is 32.0 Å². The summed E-state index contributed by atoms with van der Waals surface area (Å²) in [6.07, 6.45) is -4.68. The van der Waals surface area contributed by atoms with E-state index in [2.05, 4.69) is 4.98 Å². The molecule has 2 aromatic rings. The fourth-order valence-corrected chi connectivity index (χ4v) is 2.49. The van der Waals surface area contributed by atoms with Crippen molar-refractivity contribution in [2.45, 2.75) is 25.4 Å². The van der Waals surface area contributed by atoms with Crippen LogP contribution in [0.3, 0.4) is 0 Å². The number of carbonyl (C=O) groups is 3. The van der Waals surface area contributed by atoms with Crippen LogP contribution in [0.2, 0.25) is 0 Å². The van der Waals surface area contributed by atoms with Crippen molar-refractivity contribution in [3.63, 3.8) is 0 Å². The predicted molar refractivity (Wildman–Crippen MR) is 85.3 cm³/mol. The number of alkyl halides is 3. The number of aromatic nitrogens is 1.